The molecule has 0 aromatic heterocycles. The third-order valence-corrected chi connectivity index (χ3v) is 4.33. The van der Waals surface area contributed by atoms with Gasteiger partial charge in [0.05, 0.1) is 0 Å². The highest BCUT2D eigenvalue weighted by atomic mass is 32.2. The molecule has 0 aliphatic carbocycles. The molecule has 0 fully saturated rings. The van der Waals surface area contributed by atoms with E-state index in [1.807, 2.05) is 6.92 Å². The Morgan fingerprint density at radius 1 is 1.37 bits per heavy atom. The molecule has 3 N–H and O–H groups in total. The Balaban J connectivity index is 3.15. The van der Waals surface area contributed by atoms with Gasteiger partial charge in [0, 0.05) is 18.2 Å². The lowest BCUT2D eigenvalue weighted by molar-refractivity contribution is 0.515. The Morgan fingerprint density at radius 2 is 2.00 bits per heavy atom. The fraction of sp³-hybridized carbons (Fsp3) is 0.500. The molecule has 4 nitrogen and oxygen atoms in total. The van der Waals surface area contributed by atoms with E-state index in [0.29, 0.717) is 6.42 Å². The van der Waals surface area contributed by atoms with Crippen LogP contribution in [0.2, 0.25) is 0 Å². The Morgan fingerprint density at radius 3 is 2.53 bits per heavy atom. The zero-order valence-corrected chi connectivity index (χ0v) is 11.7. The summed E-state index contributed by atoms with van der Waals surface area (Å²) in [6.45, 7) is 3.20. The molecule has 0 radical (unpaired) electrons. The minimum Gasteiger partial charge on any atom is -0.326 e. The van der Waals surface area contributed by atoms with Gasteiger partial charge in [-0.25, -0.2) is 21.9 Å². The van der Waals surface area contributed by atoms with E-state index in [2.05, 4.69) is 4.72 Å². The van der Waals surface area contributed by atoms with Crippen molar-refractivity contribution in [3.05, 3.63) is 29.3 Å². The molecule has 1 rings (SSSR count). The average molecular weight is 292 g/mol. The molecule has 7 heteroatoms. The molecule has 0 heterocycles. The standard InChI is InChI=1S/C12H18F2N2O2S/c1-3-4-8(2)16-19(17,18)11-6-5-10(13)9(7-15)12(11)14/h5-6,8,16H,3-4,7,15H2,1-2H3. The van der Waals surface area contributed by atoms with Gasteiger partial charge in [-0.3, -0.25) is 0 Å². The van der Waals surface area contributed by atoms with Crippen LogP contribution in [0.5, 0.6) is 0 Å². The van der Waals surface area contributed by atoms with Gasteiger partial charge in [-0.15, -0.1) is 0 Å². The summed E-state index contributed by atoms with van der Waals surface area (Å²) in [5, 5.41) is 0. The minimum atomic E-state index is -4.01. The first-order valence-electron chi connectivity index (χ1n) is 6.02. The van der Waals surface area contributed by atoms with Crippen LogP contribution in [0.3, 0.4) is 0 Å². The van der Waals surface area contributed by atoms with E-state index in [-0.39, 0.29) is 6.04 Å². The summed E-state index contributed by atoms with van der Waals surface area (Å²) >= 11 is 0. The molecule has 0 saturated carbocycles. The van der Waals surface area contributed by atoms with Crippen molar-refractivity contribution < 1.29 is 17.2 Å². The fourth-order valence-corrected chi connectivity index (χ4v) is 3.17. The maximum Gasteiger partial charge on any atom is 0.243 e. The van der Waals surface area contributed by atoms with Gasteiger partial charge in [-0.2, -0.15) is 0 Å². The smallest absolute Gasteiger partial charge is 0.243 e. The fourth-order valence-electron chi connectivity index (χ4n) is 1.79. The van der Waals surface area contributed by atoms with Crippen LogP contribution in [0.1, 0.15) is 32.3 Å². The van der Waals surface area contributed by atoms with Gasteiger partial charge in [0.2, 0.25) is 10.0 Å². The van der Waals surface area contributed by atoms with Crippen LogP contribution in [-0.4, -0.2) is 14.5 Å². The summed E-state index contributed by atoms with van der Waals surface area (Å²) in [4.78, 5) is -0.572. The van der Waals surface area contributed by atoms with Crippen molar-refractivity contribution in [3.8, 4) is 0 Å². The second-order valence-electron chi connectivity index (χ2n) is 4.35. The van der Waals surface area contributed by atoms with E-state index in [1.54, 1.807) is 6.92 Å². The lowest BCUT2D eigenvalue weighted by Gasteiger charge is -2.14. The summed E-state index contributed by atoms with van der Waals surface area (Å²) in [5.74, 6) is -1.97. The molecule has 0 spiro atoms. The lowest BCUT2D eigenvalue weighted by atomic mass is 10.2. The van der Waals surface area contributed by atoms with Gasteiger partial charge < -0.3 is 5.73 Å². The molecule has 0 bridgehead atoms. The highest BCUT2D eigenvalue weighted by molar-refractivity contribution is 7.89. The largest absolute Gasteiger partial charge is 0.326 e. The maximum atomic E-state index is 13.9. The molecule has 1 aromatic carbocycles. The summed E-state index contributed by atoms with van der Waals surface area (Å²) in [7, 11) is -4.01. The average Bonchev–Trinajstić information content (AvgIpc) is 2.28. The van der Waals surface area contributed by atoms with Crippen molar-refractivity contribution in [1.29, 1.82) is 0 Å². The topological polar surface area (TPSA) is 72.2 Å². The predicted molar refractivity (Wildman–Crippen MR) is 68.9 cm³/mol. The number of halogens is 2. The molecule has 1 aromatic rings. The lowest BCUT2D eigenvalue weighted by Crippen LogP contribution is -2.33. The van der Waals surface area contributed by atoms with Crippen LogP contribution in [0.15, 0.2) is 17.0 Å². The summed E-state index contributed by atoms with van der Waals surface area (Å²) in [6, 6.07) is 1.50. The number of sulfonamides is 1. The molecule has 1 atom stereocenters. The predicted octanol–water partition coefficient (Wildman–Crippen LogP) is 1.89. The van der Waals surface area contributed by atoms with Gasteiger partial charge in [0.1, 0.15) is 10.7 Å². The SMILES string of the molecule is CCCC(C)NS(=O)(=O)c1ccc(F)c(CN)c1F. The Labute approximate surface area is 112 Å². The van der Waals surface area contributed by atoms with Crippen LogP contribution in [0, 0.1) is 11.6 Å². The Hall–Kier alpha value is -1.05. The normalized spacial score (nSPS) is 13.5. The van der Waals surface area contributed by atoms with Crippen LogP contribution in [-0.2, 0) is 16.6 Å². The van der Waals surface area contributed by atoms with Crippen LogP contribution < -0.4 is 10.5 Å². The zero-order chi connectivity index (χ0) is 14.6. The first-order chi connectivity index (χ1) is 8.83. The molecule has 1 unspecified atom stereocenters. The molecule has 0 aliphatic rings. The second-order valence-corrected chi connectivity index (χ2v) is 6.04. The van der Waals surface area contributed by atoms with Crippen molar-refractivity contribution in [2.24, 2.45) is 5.73 Å². The van der Waals surface area contributed by atoms with Crippen LogP contribution >= 0.6 is 0 Å². The van der Waals surface area contributed by atoms with E-state index >= 15 is 0 Å². The third kappa shape index (κ3) is 3.71. The first-order valence-corrected chi connectivity index (χ1v) is 7.51. The van der Waals surface area contributed by atoms with Gasteiger partial charge in [-0.05, 0) is 25.5 Å². The number of benzene rings is 1. The number of nitrogens with one attached hydrogen (secondary N) is 1. The van der Waals surface area contributed by atoms with E-state index in [1.165, 1.54) is 0 Å². The van der Waals surface area contributed by atoms with Crippen LogP contribution in [0.25, 0.3) is 0 Å². The summed E-state index contributed by atoms with van der Waals surface area (Å²) < 4.78 is 53.6. The van der Waals surface area contributed by atoms with Gasteiger partial charge in [-0.1, -0.05) is 13.3 Å². The quantitative estimate of drug-likeness (QED) is 0.841. The molecule has 0 aliphatic heterocycles. The first kappa shape index (κ1) is 16.0. The molecule has 0 amide bonds. The zero-order valence-electron chi connectivity index (χ0n) is 10.9. The number of nitrogens with two attached hydrogens (primary N) is 1. The number of hydrogen-bond acceptors (Lipinski definition) is 3. The van der Waals surface area contributed by atoms with Gasteiger partial charge in [0.15, 0.2) is 5.82 Å². The highest BCUT2D eigenvalue weighted by Crippen LogP contribution is 2.21. The van der Waals surface area contributed by atoms with E-state index in [0.717, 1.165) is 18.6 Å². The molecular weight excluding hydrogens is 274 g/mol. The molecule has 0 saturated heterocycles. The molecule has 108 valence electrons. The van der Waals surface area contributed by atoms with Crippen molar-refractivity contribution in [1.82, 2.24) is 4.72 Å². The van der Waals surface area contributed by atoms with Crippen molar-refractivity contribution in [3.63, 3.8) is 0 Å². The van der Waals surface area contributed by atoms with E-state index in [9.17, 15) is 17.2 Å². The van der Waals surface area contributed by atoms with Gasteiger partial charge >= 0.3 is 0 Å². The maximum absolute atomic E-state index is 13.9. The van der Waals surface area contributed by atoms with Crippen molar-refractivity contribution in [2.45, 2.75) is 44.2 Å². The molecular formula is C12H18F2N2O2S. The van der Waals surface area contributed by atoms with Gasteiger partial charge in [0.25, 0.3) is 0 Å². The second kappa shape index (κ2) is 6.40. The molecule has 19 heavy (non-hydrogen) atoms. The van der Waals surface area contributed by atoms with E-state index in [4.69, 9.17) is 5.73 Å². The number of hydrogen-bond donors (Lipinski definition) is 2. The third-order valence-electron chi connectivity index (χ3n) is 2.72. The van der Waals surface area contributed by atoms with Crippen molar-refractivity contribution >= 4 is 10.0 Å². The van der Waals surface area contributed by atoms with Crippen LogP contribution in [0.4, 0.5) is 8.78 Å². The monoisotopic (exact) mass is 292 g/mol. The minimum absolute atomic E-state index is 0.319. The van der Waals surface area contributed by atoms with Crippen molar-refractivity contribution in [2.75, 3.05) is 0 Å². The highest BCUT2D eigenvalue weighted by Gasteiger charge is 2.24. The summed E-state index contributed by atoms with van der Waals surface area (Å²) in [6.07, 6.45) is 1.43. The van der Waals surface area contributed by atoms with E-state index < -0.39 is 38.7 Å². The Kier molecular flexibility index (Phi) is 5.39. The Bertz CT molecular complexity index is 547. The number of rotatable bonds is 6. The summed E-state index contributed by atoms with van der Waals surface area (Å²) in [5.41, 5.74) is 4.79.